The molecule has 1 aliphatic carbocycles. The number of thiazole rings is 1. The third kappa shape index (κ3) is 4.14. The molecule has 1 aromatic heterocycles. The lowest BCUT2D eigenvalue weighted by Crippen LogP contribution is -2.28. The molecule has 1 saturated heterocycles. The van der Waals surface area contributed by atoms with Crippen LogP contribution in [0.25, 0.3) is 0 Å². The van der Waals surface area contributed by atoms with Crippen LogP contribution in [0, 0.1) is 13.8 Å². The molecule has 0 amide bonds. The predicted octanol–water partition coefficient (Wildman–Crippen LogP) is 6.40. The average molecular weight is 404 g/mol. The van der Waals surface area contributed by atoms with Crippen molar-refractivity contribution in [2.45, 2.75) is 58.3 Å². The summed E-state index contributed by atoms with van der Waals surface area (Å²) in [5.74, 6) is 0.822. The van der Waals surface area contributed by atoms with Gasteiger partial charge in [-0.1, -0.05) is 29.9 Å². The highest BCUT2D eigenvalue weighted by Crippen LogP contribution is 2.52. The molecule has 0 bridgehead atoms. The Hall–Kier alpha value is -1.59. The smallest absolute Gasteiger partial charge is 0.280 e. The van der Waals surface area contributed by atoms with Crippen LogP contribution in [0.2, 0.25) is 4.34 Å². The van der Waals surface area contributed by atoms with Crippen LogP contribution in [0.15, 0.2) is 17.1 Å². The minimum Gasteiger partial charge on any atom is -0.431 e. The van der Waals surface area contributed by atoms with Gasteiger partial charge in [0, 0.05) is 18.5 Å². The second kappa shape index (κ2) is 7.44. The topological polar surface area (TPSA) is 37.7 Å². The van der Waals surface area contributed by atoms with E-state index < -0.39 is 0 Å². The molecular formula is C21H26ClN3OS. The third-order valence-corrected chi connectivity index (χ3v) is 6.71. The summed E-state index contributed by atoms with van der Waals surface area (Å²) in [6.45, 7) is 8.54. The van der Waals surface area contributed by atoms with Gasteiger partial charge in [0.1, 0.15) is 10.1 Å². The SMILES string of the molecule is Cc1cc(Oc2nc(C3(C)CC3)c(Cl)s2)c(C)cc1N=CN1CCCCC1. The van der Waals surface area contributed by atoms with Gasteiger partial charge >= 0.3 is 0 Å². The molecule has 2 heterocycles. The lowest BCUT2D eigenvalue weighted by molar-refractivity contribution is 0.351. The molecule has 27 heavy (non-hydrogen) atoms. The molecule has 0 spiro atoms. The summed E-state index contributed by atoms with van der Waals surface area (Å²) in [7, 11) is 0. The van der Waals surface area contributed by atoms with Crippen LogP contribution in [-0.2, 0) is 5.41 Å². The van der Waals surface area contributed by atoms with Gasteiger partial charge in [-0.25, -0.2) is 9.98 Å². The molecule has 6 heteroatoms. The van der Waals surface area contributed by atoms with E-state index in [-0.39, 0.29) is 5.41 Å². The van der Waals surface area contributed by atoms with Crippen molar-refractivity contribution in [2.24, 2.45) is 4.99 Å². The quantitative estimate of drug-likeness (QED) is 0.428. The summed E-state index contributed by atoms with van der Waals surface area (Å²) in [6, 6.07) is 4.13. The summed E-state index contributed by atoms with van der Waals surface area (Å²) in [5.41, 5.74) is 4.28. The average Bonchev–Trinajstić information content (AvgIpc) is 3.28. The van der Waals surface area contributed by atoms with Crippen molar-refractivity contribution >= 4 is 35.0 Å². The molecule has 1 aliphatic heterocycles. The van der Waals surface area contributed by atoms with Gasteiger partial charge in [-0.2, -0.15) is 0 Å². The van der Waals surface area contributed by atoms with Gasteiger partial charge < -0.3 is 9.64 Å². The van der Waals surface area contributed by atoms with Gasteiger partial charge in [-0.3, -0.25) is 0 Å². The summed E-state index contributed by atoms with van der Waals surface area (Å²) < 4.78 is 6.84. The second-order valence-corrected chi connectivity index (χ2v) is 9.57. The molecule has 1 saturated carbocycles. The van der Waals surface area contributed by atoms with Gasteiger partial charge in [0.25, 0.3) is 5.19 Å². The molecule has 2 aromatic rings. The number of aliphatic imine (C=N–C) groups is 1. The van der Waals surface area contributed by atoms with Crippen molar-refractivity contribution in [2.75, 3.05) is 13.1 Å². The fourth-order valence-electron chi connectivity index (χ4n) is 3.42. The van der Waals surface area contributed by atoms with Crippen LogP contribution in [0.3, 0.4) is 0 Å². The fourth-order valence-corrected chi connectivity index (χ4v) is 4.70. The van der Waals surface area contributed by atoms with E-state index in [1.54, 1.807) is 0 Å². The minimum atomic E-state index is 0.146. The lowest BCUT2D eigenvalue weighted by atomic mass is 10.1. The first-order chi connectivity index (χ1) is 12.9. The number of aromatic nitrogens is 1. The second-order valence-electron chi connectivity index (χ2n) is 8.01. The van der Waals surface area contributed by atoms with E-state index in [2.05, 4.69) is 29.8 Å². The Kier molecular flexibility index (Phi) is 5.17. The number of hydrogen-bond donors (Lipinski definition) is 0. The largest absolute Gasteiger partial charge is 0.431 e. The molecule has 0 N–H and O–H groups in total. The van der Waals surface area contributed by atoms with Crippen LogP contribution in [0.4, 0.5) is 5.69 Å². The number of halogens is 1. The van der Waals surface area contributed by atoms with Gasteiger partial charge in [0.15, 0.2) is 0 Å². The van der Waals surface area contributed by atoms with Crippen molar-refractivity contribution in [3.63, 3.8) is 0 Å². The standard InChI is InChI=1S/C21H26ClN3OS/c1-14-12-17(26-20-24-18(19(22)27-20)21(3)7-8-21)15(2)11-16(14)23-13-25-9-5-4-6-10-25/h11-13H,4-10H2,1-3H3. The summed E-state index contributed by atoms with van der Waals surface area (Å²) in [5, 5.41) is 0.621. The van der Waals surface area contributed by atoms with Gasteiger partial charge in [-0.05, 0) is 69.2 Å². The molecule has 2 aliphatic rings. The van der Waals surface area contributed by atoms with E-state index in [0.717, 1.165) is 58.5 Å². The molecule has 2 fully saturated rings. The van der Waals surface area contributed by atoms with Crippen molar-refractivity contribution in [3.8, 4) is 10.9 Å². The Balaban J connectivity index is 1.51. The van der Waals surface area contributed by atoms with Gasteiger partial charge in [0.05, 0.1) is 17.7 Å². The van der Waals surface area contributed by atoms with Crippen molar-refractivity contribution in [1.29, 1.82) is 0 Å². The van der Waals surface area contributed by atoms with Crippen molar-refractivity contribution in [3.05, 3.63) is 33.3 Å². The molecule has 4 nitrogen and oxygen atoms in total. The number of rotatable bonds is 5. The molecule has 4 rings (SSSR count). The van der Waals surface area contributed by atoms with E-state index >= 15 is 0 Å². The highest BCUT2D eigenvalue weighted by atomic mass is 35.5. The number of ether oxygens (including phenoxy) is 1. The van der Waals surface area contributed by atoms with Crippen LogP contribution < -0.4 is 4.74 Å². The maximum Gasteiger partial charge on any atom is 0.280 e. The third-order valence-electron chi connectivity index (χ3n) is 5.58. The van der Waals surface area contributed by atoms with E-state index in [9.17, 15) is 0 Å². The highest BCUT2D eigenvalue weighted by molar-refractivity contribution is 7.17. The predicted molar refractivity (Wildman–Crippen MR) is 113 cm³/mol. The molecule has 1 aromatic carbocycles. The number of benzene rings is 1. The summed E-state index contributed by atoms with van der Waals surface area (Å²) >= 11 is 7.82. The van der Waals surface area contributed by atoms with Crippen molar-refractivity contribution in [1.82, 2.24) is 9.88 Å². The molecule has 0 unspecified atom stereocenters. The Morgan fingerprint density at radius 3 is 2.63 bits per heavy atom. The summed E-state index contributed by atoms with van der Waals surface area (Å²) in [6.07, 6.45) is 8.14. The molecule has 144 valence electrons. The Morgan fingerprint density at radius 1 is 1.19 bits per heavy atom. The number of hydrogen-bond acceptors (Lipinski definition) is 4. The van der Waals surface area contributed by atoms with Gasteiger partial charge in [0.2, 0.25) is 0 Å². The monoisotopic (exact) mass is 403 g/mol. The molecule has 0 radical (unpaired) electrons. The Labute approximate surface area is 170 Å². The number of piperidine rings is 1. The molecular weight excluding hydrogens is 378 g/mol. The van der Waals surface area contributed by atoms with E-state index in [4.69, 9.17) is 21.3 Å². The zero-order chi connectivity index (χ0) is 19.0. The first-order valence-corrected chi connectivity index (χ1v) is 10.9. The zero-order valence-corrected chi connectivity index (χ0v) is 17.8. The Morgan fingerprint density at radius 2 is 1.93 bits per heavy atom. The number of likely N-dealkylation sites (tertiary alicyclic amines) is 1. The first kappa shape index (κ1) is 18.8. The minimum absolute atomic E-state index is 0.146. The van der Waals surface area contributed by atoms with Crippen LogP contribution >= 0.6 is 22.9 Å². The summed E-state index contributed by atoms with van der Waals surface area (Å²) in [4.78, 5) is 11.7. The first-order valence-electron chi connectivity index (χ1n) is 9.69. The number of nitrogens with zero attached hydrogens (tertiary/aromatic N) is 3. The van der Waals surface area contributed by atoms with Crippen molar-refractivity contribution < 1.29 is 4.74 Å². The van der Waals surface area contributed by atoms with E-state index in [0.29, 0.717) is 5.19 Å². The van der Waals surface area contributed by atoms with Crippen LogP contribution in [-0.4, -0.2) is 29.3 Å². The maximum absolute atomic E-state index is 6.40. The normalized spacial score (nSPS) is 18.9. The zero-order valence-electron chi connectivity index (χ0n) is 16.2. The van der Waals surface area contributed by atoms with Crippen LogP contribution in [0.5, 0.6) is 10.9 Å². The highest BCUT2D eigenvalue weighted by Gasteiger charge is 2.43. The van der Waals surface area contributed by atoms with Gasteiger partial charge in [-0.15, -0.1) is 0 Å². The van der Waals surface area contributed by atoms with E-state index in [1.807, 2.05) is 19.3 Å². The van der Waals surface area contributed by atoms with E-state index in [1.165, 1.54) is 30.6 Å². The maximum atomic E-state index is 6.40. The lowest BCUT2D eigenvalue weighted by Gasteiger charge is -2.23. The number of aryl methyl sites for hydroxylation is 2. The fraction of sp³-hybridized carbons (Fsp3) is 0.524. The molecule has 0 atom stereocenters. The van der Waals surface area contributed by atoms with Crippen LogP contribution in [0.1, 0.15) is 55.8 Å². The Bertz CT molecular complexity index is 867.